The molecule has 2 atom stereocenters. The number of likely N-dealkylation sites (tertiary alicyclic amines) is 1. The first-order chi connectivity index (χ1) is 9.84. The second-order valence-corrected chi connectivity index (χ2v) is 5.59. The molecule has 21 heavy (non-hydrogen) atoms. The van der Waals surface area contributed by atoms with Crippen LogP contribution < -0.4 is 0 Å². The number of fused-ring (bicyclic) bond motifs is 1. The van der Waals surface area contributed by atoms with Gasteiger partial charge in [0.05, 0.1) is 5.56 Å². The quantitative estimate of drug-likeness (QED) is 0.860. The molecule has 0 radical (unpaired) electrons. The fraction of sp³-hybridized carbons (Fsp3) is 0.357. The molecule has 1 saturated heterocycles. The van der Waals surface area contributed by atoms with Crippen molar-refractivity contribution in [1.82, 2.24) is 4.90 Å². The molecule has 6 nitrogen and oxygen atoms in total. The highest BCUT2D eigenvalue weighted by molar-refractivity contribution is 6.00. The largest absolute Gasteiger partial charge is 0.481 e. The second-order valence-electron chi connectivity index (χ2n) is 5.59. The second kappa shape index (κ2) is 4.03. The standard InChI is InChI=1S/C14H12FNO5/c15-9-4-2-1-3-8(9)10(17)16-6-13(11(18)19)5-14(13,7-16)12(20)21/h1-4H,5-7H2,(H,18,19)(H,20,21)/t13-,14+. The lowest BCUT2D eigenvalue weighted by atomic mass is 9.97. The molecule has 1 aliphatic heterocycles. The Morgan fingerprint density at radius 2 is 1.57 bits per heavy atom. The van der Waals surface area contributed by atoms with Crippen molar-refractivity contribution in [3.63, 3.8) is 0 Å². The van der Waals surface area contributed by atoms with E-state index in [0.717, 1.165) is 11.0 Å². The summed E-state index contributed by atoms with van der Waals surface area (Å²) in [7, 11) is 0. The number of hydrogen-bond donors (Lipinski definition) is 2. The maximum Gasteiger partial charge on any atom is 0.312 e. The lowest BCUT2D eigenvalue weighted by molar-refractivity contribution is -0.151. The molecule has 1 aromatic rings. The van der Waals surface area contributed by atoms with Crippen LogP contribution >= 0.6 is 0 Å². The Morgan fingerprint density at radius 1 is 1.05 bits per heavy atom. The van der Waals surface area contributed by atoms with Gasteiger partial charge in [0, 0.05) is 13.1 Å². The topological polar surface area (TPSA) is 94.9 Å². The average molecular weight is 293 g/mol. The number of piperidine rings is 1. The lowest BCUT2D eigenvalue weighted by Gasteiger charge is -2.20. The van der Waals surface area contributed by atoms with Gasteiger partial charge in [-0.3, -0.25) is 14.4 Å². The van der Waals surface area contributed by atoms with Crippen LogP contribution in [0.5, 0.6) is 0 Å². The van der Waals surface area contributed by atoms with Crippen molar-refractivity contribution in [2.75, 3.05) is 13.1 Å². The molecule has 2 fully saturated rings. The van der Waals surface area contributed by atoms with E-state index in [9.17, 15) is 29.0 Å². The van der Waals surface area contributed by atoms with E-state index in [-0.39, 0.29) is 25.1 Å². The van der Waals surface area contributed by atoms with Crippen molar-refractivity contribution in [1.29, 1.82) is 0 Å². The maximum absolute atomic E-state index is 13.6. The molecule has 0 aromatic heterocycles. The molecular formula is C14H12FNO5. The van der Waals surface area contributed by atoms with E-state index < -0.39 is 34.5 Å². The Bertz CT molecular complexity index is 647. The molecule has 1 saturated carbocycles. The van der Waals surface area contributed by atoms with Crippen molar-refractivity contribution in [3.8, 4) is 0 Å². The molecule has 0 spiro atoms. The van der Waals surface area contributed by atoms with Crippen LogP contribution in [0.3, 0.4) is 0 Å². The maximum atomic E-state index is 13.6. The Kier molecular flexibility index (Phi) is 2.60. The zero-order valence-corrected chi connectivity index (χ0v) is 10.9. The molecule has 3 rings (SSSR count). The fourth-order valence-corrected chi connectivity index (χ4v) is 3.24. The van der Waals surface area contributed by atoms with Crippen LogP contribution in [0.1, 0.15) is 16.8 Å². The molecule has 1 aromatic carbocycles. The molecule has 1 heterocycles. The van der Waals surface area contributed by atoms with Gasteiger partial charge in [0.25, 0.3) is 5.91 Å². The summed E-state index contributed by atoms with van der Waals surface area (Å²) in [6.45, 7) is -0.413. The first kappa shape index (κ1) is 13.5. The van der Waals surface area contributed by atoms with Gasteiger partial charge in [-0.15, -0.1) is 0 Å². The monoisotopic (exact) mass is 293 g/mol. The van der Waals surface area contributed by atoms with Crippen LogP contribution in [0.15, 0.2) is 24.3 Å². The number of halogens is 1. The van der Waals surface area contributed by atoms with Crippen molar-refractivity contribution in [2.24, 2.45) is 10.8 Å². The third-order valence-electron chi connectivity index (χ3n) is 4.53. The highest BCUT2D eigenvalue weighted by Gasteiger charge is 2.81. The van der Waals surface area contributed by atoms with E-state index in [4.69, 9.17) is 0 Å². The van der Waals surface area contributed by atoms with Crippen molar-refractivity contribution >= 4 is 17.8 Å². The van der Waals surface area contributed by atoms with Gasteiger partial charge >= 0.3 is 11.9 Å². The van der Waals surface area contributed by atoms with Crippen molar-refractivity contribution in [2.45, 2.75) is 6.42 Å². The Hall–Kier alpha value is -2.44. The predicted octanol–water partition coefficient (Wildman–Crippen LogP) is 0.827. The molecule has 2 aliphatic rings. The molecule has 0 bridgehead atoms. The number of rotatable bonds is 3. The minimum atomic E-state index is -1.44. The van der Waals surface area contributed by atoms with E-state index in [1.165, 1.54) is 18.2 Å². The fourth-order valence-electron chi connectivity index (χ4n) is 3.24. The molecule has 1 amide bonds. The van der Waals surface area contributed by atoms with Gasteiger partial charge in [0.2, 0.25) is 0 Å². The van der Waals surface area contributed by atoms with Gasteiger partial charge in [0.1, 0.15) is 16.6 Å². The van der Waals surface area contributed by atoms with Crippen LogP contribution in [0.4, 0.5) is 4.39 Å². The van der Waals surface area contributed by atoms with E-state index >= 15 is 0 Å². The summed E-state index contributed by atoms with van der Waals surface area (Å²) in [6.07, 6.45) is 0.00567. The lowest BCUT2D eigenvalue weighted by Crippen LogP contribution is -2.35. The summed E-state index contributed by atoms with van der Waals surface area (Å²) in [5.74, 6) is -3.85. The zero-order chi connectivity index (χ0) is 15.4. The first-order valence-corrected chi connectivity index (χ1v) is 6.35. The van der Waals surface area contributed by atoms with Crippen molar-refractivity contribution < 1.29 is 29.0 Å². The summed E-state index contributed by atoms with van der Waals surface area (Å²) in [5, 5.41) is 18.6. The predicted molar refractivity (Wildman–Crippen MR) is 67.1 cm³/mol. The minimum Gasteiger partial charge on any atom is -0.481 e. The summed E-state index contributed by atoms with van der Waals surface area (Å²) >= 11 is 0. The number of carbonyl (C=O) groups is 3. The number of aliphatic carboxylic acids is 2. The molecule has 1 aliphatic carbocycles. The number of benzene rings is 1. The molecular weight excluding hydrogens is 281 g/mol. The van der Waals surface area contributed by atoms with Crippen LogP contribution in [-0.4, -0.2) is 46.0 Å². The SMILES string of the molecule is O=C(c1ccccc1F)N1C[C@@]2(C(=O)O)C[C@@]2(C(=O)O)C1. The summed E-state index contributed by atoms with van der Waals surface area (Å²) < 4.78 is 13.6. The normalized spacial score (nSPS) is 29.9. The smallest absolute Gasteiger partial charge is 0.312 e. The molecule has 0 unspecified atom stereocenters. The van der Waals surface area contributed by atoms with E-state index in [1.807, 2.05) is 0 Å². The van der Waals surface area contributed by atoms with Gasteiger partial charge in [-0.25, -0.2) is 4.39 Å². The minimum absolute atomic E-state index is 0.00567. The average Bonchev–Trinajstić information content (AvgIpc) is 2.98. The van der Waals surface area contributed by atoms with Crippen LogP contribution in [0.2, 0.25) is 0 Å². The molecule has 7 heteroatoms. The number of carboxylic acid groups (broad SMARTS) is 2. The summed E-state index contributed by atoms with van der Waals surface area (Å²) in [6, 6.07) is 5.35. The van der Waals surface area contributed by atoms with Gasteiger partial charge in [-0.2, -0.15) is 0 Å². The molecule has 2 N–H and O–H groups in total. The van der Waals surface area contributed by atoms with Gasteiger partial charge in [0.15, 0.2) is 0 Å². The highest BCUT2D eigenvalue weighted by atomic mass is 19.1. The molecule has 110 valence electrons. The first-order valence-electron chi connectivity index (χ1n) is 6.35. The highest BCUT2D eigenvalue weighted by Crippen LogP contribution is 2.68. The van der Waals surface area contributed by atoms with Gasteiger partial charge in [-0.05, 0) is 18.6 Å². The Balaban J connectivity index is 1.91. The van der Waals surface area contributed by atoms with E-state index in [0.29, 0.717) is 0 Å². The third-order valence-corrected chi connectivity index (χ3v) is 4.53. The Labute approximate surface area is 118 Å². The number of hydrogen-bond acceptors (Lipinski definition) is 3. The van der Waals surface area contributed by atoms with Crippen molar-refractivity contribution in [3.05, 3.63) is 35.6 Å². The Morgan fingerprint density at radius 3 is 2.05 bits per heavy atom. The summed E-state index contributed by atoms with van der Waals surface area (Å²) in [4.78, 5) is 36.1. The van der Waals surface area contributed by atoms with E-state index in [2.05, 4.69) is 0 Å². The van der Waals surface area contributed by atoms with Gasteiger partial charge < -0.3 is 15.1 Å². The van der Waals surface area contributed by atoms with Gasteiger partial charge in [-0.1, -0.05) is 12.1 Å². The zero-order valence-electron chi connectivity index (χ0n) is 10.9. The van der Waals surface area contributed by atoms with E-state index in [1.54, 1.807) is 0 Å². The van der Waals surface area contributed by atoms with Crippen LogP contribution in [0, 0.1) is 16.6 Å². The van der Waals surface area contributed by atoms with Crippen LogP contribution in [0.25, 0.3) is 0 Å². The number of nitrogens with zero attached hydrogens (tertiary/aromatic N) is 1. The number of carboxylic acids is 2. The third kappa shape index (κ3) is 1.60. The van der Waals surface area contributed by atoms with Crippen LogP contribution in [-0.2, 0) is 9.59 Å². The number of amides is 1. The number of carbonyl (C=O) groups excluding carboxylic acids is 1. The summed E-state index contributed by atoms with van der Waals surface area (Å²) in [5.41, 5.74) is -3.07.